The van der Waals surface area contributed by atoms with Crippen molar-refractivity contribution in [1.29, 1.82) is 10.5 Å². The van der Waals surface area contributed by atoms with Gasteiger partial charge in [-0.15, -0.1) is 0 Å². The van der Waals surface area contributed by atoms with E-state index in [0.717, 1.165) is 25.7 Å². The summed E-state index contributed by atoms with van der Waals surface area (Å²) in [7, 11) is 0. The van der Waals surface area contributed by atoms with Crippen LogP contribution in [-0.4, -0.2) is 24.5 Å². The second-order valence-corrected chi connectivity index (χ2v) is 6.41. The molecule has 0 unspecified atom stereocenters. The minimum Gasteiger partial charge on any atom is -0.311 e. The number of amidine groups is 1. The Balaban J connectivity index is 1.96. The zero-order valence-electron chi connectivity index (χ0n) is 11.4. The number of rotatable bonds is 0. The van der Waals surface area contributed by atoms with E-state index in [1.165, 1.54) is 0 Å². The van der Waals surface area contributed by atoms with Crippen LogP contribution in [0.4, 0.5) is 0 Å². The van der Waals surface area contributed by atoms with Crippen LogP contribution in [0.3, 0.4) is 0 Å². The molecule has 2 aliphatic heterocycles. The van der Waals surface area contributed by atoms with Gasteiger partial charge in [-0.25, -0.2) is 4.99 Å². The van der Waals surface area contributed by atoms with Crippen LogP contribution in [0.25, 0.3) is 0 Å². The molecule has 0 aromatic carbocycles. The lowest BCUT2D eigenvalue weighted by atomic mass is 9.88. The highest BCUT2D eigenvalue weighted by atomic mass is 16.8. The average Bonchev–Trinajstić information content (AvgIpc) is 2.83. The zero-order valence-corrected chi connectivity index (χ0v) is 11.4. The van der Waals surface area contributed by atoms with Gasteiger partial charge in [0.2, 0.25) is 0 Å². The number of nitriles is 2. The van der Waals surface area contributed by atoms with E-state index in [2.05, 4.69) is 17.1 Å². The molecule has 1 saturated heterocycles. The van der Waals surface area contributed by atoms with Crippen molar-refractivity contribution in [2.45, 2.75) is 44.6 Å². The van der Waals surface area contributed by atoms with Gasteiger partial charge in [0, 0.05) is 5.41 Å². The van der Waals surface area contributed by atoms with E-state index in [-0.39, 0.29) is 6.10 Å². The van der Waals surface area contributed by atoms with Crippen molar-refractivity contribution in [1.82, 2.24) is 0 Å². The third kappa shape index (κ3) is 0.804. The van der Waals surface area contributed by atoms with Crippen LogP contribution < -0.4 is 10.7 Å². The van der Waals surface area contributed by atoms with Crippen molar-refractivity contribution in [3.63, 3.8) is 0 Å². The SMILES string of the molecule is C[C@@H]1CO[C@@]2([NH+]=C(N)[C@@]3(C#N)C4(CCCC4)[C@@]23C#N)O1. The summed E-state index contributed by atoms with van der Waals surface area (Å²) in [5.74, 6) is -0.900. The van der Waals surface area contributed by atoms with Gasteiger partial charge in [-0.1, -0.05) is 12.8 Å². The maximum Gasteiger partial charge on any atom is 0.343 e. The molecule has 2 saturated carbocycles. The number of hydrogen-bond donors (Lipinski definition) is 2. The molecule has 4 rings (SSSR count). The van der Waals surface area contributed by atoms with Crippen LogP contribution in [0, 0.1) is 38.9 Å². The minimum absolute atomic E-state index is 0.117. The smallest absolute Gasteiger partial charge is 0.311 e. The van der Waals surface area contributed by atoms with Crippen molar-refractivity contribution in [3.05, 3.63) is 0 Å². The number of nitrogens with one attached hydrogen (secondary N) is 1. The highest BCUT2D eigenvalue weighted by molar-refractivity contribution is 5.95. The molecule has 0 aromatic rings. The molecular weight excluding hydrogens is 256 g/mol. The second-order valence-electron chi connectivity index (χ2n) is 6.41. The first kappa shape index (κ1) is 12.1. The van der Waals surface area contributed by atoms with Gasteiger partial charge < -0.3 is 9.47 Å². The van der Waals surface area contributed by atoms with E-state index in [4.69, 9.17) is 15.2 Å². The fourth-order valence-corrected chi connectivity index (χ4v) is 5.17. The first-order valence-electron chi connectivity index (χ1n) is 7.11. The van der Waals surface area contributed by atoms with E-state index >= 15 is 0 Å². The first-order chi connectivity index (χ1) is 9.56. The molecule has 6 nitrogen and oxygen atoms in total. The van der Waals surface area contributed by atoms with Crippen LogP contribution in [0.15, 0.2) is 0 Å². The second kappa shape index (κ2) is 3.16. The highest BCUT2D eigenvalue weighted by Gasteiger charge is 3.04. The predicted molar refractivity (Wildman–Crippen MR) is 66.4 cm³/mol. The van der Waals surface area contributed by atoms with Crippen LogP contribution >= 0.6 is 0 Å². The van der Waals surface area contributed by atoms with Crippen molar-refractivity contribution in [2.24, 2.45) is 22.0 Å². The molecule has 0 bridgehead atoms. The Bertz CT molecular complexity index is 612. The molecule has 3 fully saturated rings. The Morgan fingerprint density at radius 3 is 2.50 bits per heavy atom. The fraction of sp³-hybridized carbons (Fsp3) is 0.786. The lowest BCUT2D eigenvalue weighted by Gasteiger charge is -2.27. The Hall–Kier alpha value is -1.63. The highest BCUT2D eigenvalue weighted by Crippen LogP contribution is 2.87. The summed E-state index contributed by atoms with van der Waals surface area (Å²) in [6.07, 6.45) is 3.59. The van der Waals surface area contributed by atoms with Gasteiger partial charge in [0.05, 0.1) is 24.8 Å². The Kier molecular flexibility index (Phi) is 1.92. The normalized spacial score (nSPS) is 50.8. The molecule has 2 heterocycles. The molecule has 4 atom stereocenters. The lowest BCUT2D eigenvalue weighted by molar-refractivity contribution is -0.680. The maximum atomic E-state index is 9.95. The molecule has 20 heavy (non-hydrogen) atoms. The third-order valence-electron chi connectivity index (χ3n) is 5.81. The van der Waals surface area contributed by atoms with Crippen LogP contribution in [0.1, 0.15) is 32.6 Å². The summed E-state index contributed by atoms with van der Waals surface area (Å²) >= 11 is 0. The van der Waals surface area contributed by atoms with Gasteiger partial charge >= 0.3 is 5.91 Å². The summed E-state index contributed by atoms with van der Waals surface area (Å²) in [6.45, 7) is 2.30. The molecule has 4 aliphatic rings. The average molecular weight is 273 g/mol. The Labute approximate surface area is 117 Å². The summed E-state index contributed by atoms with van der Waals surface area (Å²) in [5.41, 5.74) is 3.74. The number of fused-ring (bicyclic) bond motifs is 4. The molecule has 0 radical (unpaired) electrons. The van der Waals surface area contributed by atoms with Gasteiger partial charge in [0.25, 0.3) is 5.84 Å². The van der Waals surface area contributed by atoms with E-state index in [9.17, 15) is 10.5 Å². The van der Waals surface area contributed by atoms with Gasteiger partial charge in [-0.05, 0) is 19.8 Å². The van der Waals surface area contributed by atoms with Gasteiger partial charge in [-0.2, -0.15) is 10.5 Å². The molecule has 2 spiro atoms. The van der Waals surface area contributed by atoms with Crippen molar-refractivity contribution in [2.75, 3.05) is 6.61 Å². The predicted octanol–water partition coefficient (Wildman–Crippen LogP) is -0.879. The van der Waals surface area contributed by atoms with Crippen molar-refractivity contribution < 1.29 is 14.5 Å². The third-order valence-corrected chi connectivity index (χ3v) is 5.81. The quantitative estimate of drug-likeness (QED) is 0.596. The van der Waals surface area contributed by atoms with Gasteiger partial charge in [0.1, 0.15) is 0 Å². The summed E-state index contributed by atoms with van der Waals surface area (Å²) in [5, 5.41) is 19.8. The number of ether oxygens (including phenoxy) is 2. The van der Waals surface area contributed by atoms with E-state index in [1.807, 2.05) is 6.92 Å². The Morgan fingerprint density at radius 2 is 2.00 bits per heavy atom. The topological polar surface area (TPSA) is 106 Å². The van der Waals surface area contributed by atoms with E-state index < -0.39 is 22.2 Å². The molecule has 104 valence electrons. The monoisotopic (exact) mass is 273 g/mol. The number of nitrogens with two attached hydrogens (primary N) is 1. The van der Waals surface area contributed by atoms with Crippen molar-refractivity contribution >= 4 is 5.84 Å². The largest absolute Gasteiger partial charge is 0.343 e. The van der Waals surface area contributed by atoms with Gasteiger partial charge in [-0.3, -0.25) is 5.73 Å². The lowest BCUT2D eigenvalue weighted by Crippen LogP contribution is -2.90. The molecule has 3 N–H and O–H groups in total. The summed E-state index contributed by atoms with van der Waals surface area (Å²) in [4.78, 5) is 3.00. The summed E-state index contributed by atoms with van der Waals surface area (Å²) in [6, 6.07) is 4.73. The van der Waals surface area contributed by atoms with Crippen molar-refractivity contribution in [3.8, 4) is 12.1 Å². The molecule has 0 aromatic heterocycles. The Morgan fingerprint density at radius 1 is 1.30 bits per heavy atom. The van der Waals surface area contributed by atoms with Gasteiger partial charge in [0.15, 0.2) is 10.8 Å². The number of hydrogen-bond acceptors (Lipinski definition) is 5. The fourth-order valence-electron chi connectivity index (χ4n) is 5.17. The molecule has 6 heteroatoms. The zero-order chi connectivity index (χ0) is 14.2. The van der Waals surface area contributed by atoms with E-state index in [0.29, 0.717) is 12.4 Å². The van der Waals surface area contributed by atoms with E-state index in [1.54, 1.807) is 0 Å². The standard InChI is InChI=1S/C14H16N4O2/c1-9-6-19-14(20-9)13(8-16)11(4-2-3-5-11)12(13,7-15)10(17)18-14/h9H,2-6H2,1H3,(H2,17,18)/p+1/t9-,12+,13-,14-/m1/s1. The van der Waals surface area contributed by atoms with Crippen LogP contribution in [0.2, 0.25) is 0 Å². The molecular formula is C14H17N4O2+. The van der Waals surface area contributed by atoms with Crippen LogP contribution in [0.5, 0.6) is 0 Å². The first-order valence-corrected chi connectivity index (χ1v) is 7.11. The molecule has 2 aliphatic carbocycles. The minimum atomic E-state index is -1.24. The number of nitrogens with zero attached hydrogens (tertiary/aromatic N) is 2. The molecule has 0 amide bonds. The maximum absolute atomic E-state index is 9.95. The summed E-state index contributed by atoms with van der Waals surface area (Å²) < 4.78 is 11.8. The van der Waals surface area contributed by atoms with Crippen LogP contribution in [-0.2, 0) is 9.47 Å².